The SMILES string of the molecule is O=C(c1ccc(OCCS(=O)(=O)c2ccccc2)cc1)N1CCC[C@H]1CN1CCCC1. The number of carbonyl (C=O) groups is 1. The summed E-state index contributed by atoms with van der Waals surface area (Å²) in [6, 6.07) is 15.7. The summed E-state index contributed by atoms with van der Waals surface area (Å²) in [6.07, 6.45) is 4.64. The maximum absolute atomic E-state index is 13.0. The van der Waals surface area contributed by atoms with Gasteiger partial charge in [-0.05, 0) is 75.2 Å². The van der Waals surface area contributed by atoms with Crippen molar-refractivity contribution in [1.82, 2.24) is 9.80 Å². The highest BCUT2D eigenvalue weighted by molar-refractivity contribution is 7.91. The predicted octanol–water partition coefficient (Wildman–Crippen LogP) is 3.24. The zero-order chi connectivity index (χ0) is 21.7. The molecule has 2 saturated heterocycles. The number of rotatable bonds is 8. The molecule has 2 aliphatic rings. The molecule has 0 N–H and O–H groups in total. The van der Waals surface area contributed by atoms with E-state index in [0.29, 0.717) is 22.3 Å². The van der Waals surface area contributed by atoms with Crippen molar-refractivity contribution in [3.8, 4) is 5.75 Å². The van der Waals surface area contributed by atoms with Gasteiger partial charge in [-0.15, -0.1) is 0 Å². The quantitative estimate of drug-likeness (QED) is 0.628. The van der Waals surface area contributed by atoms with E-state index < -0.39 is 9.84 Å². The van der Waals surface area contributed by atoms with E-state index in [0.717, 1.165) is 39.0 Å². The fraction of sp³-hybridized carbons (Fsp3) is 0.458. The van der Waals surface area contributed by atoms with E-state index in [1.165, 1.54) is 12.8 Å². The van der Waals surface area contributed by atoms with Crippen LogP contribution in [0.3, 0.4) is 0 Å². The Hall–Kier alpha value is -2.38. The summed E-state index contributed by atoms with van der Waals surface area (Å²) >= 11 is 0. The van der Waals surface area contributed by atoms with E-state index in [2.05, 4.69) is 4.90 Å². The first-order valence-corrected chi connectivity index (χ1v) is 12.7. The molecular weight excluding hydrogens is 412 g/mol. The largest absolute Gasteiger partial charge is 0.493 e. The van der Waals surface area contributed by atoms with Crippen molar-refractivity contribution >= 4 is 15.7 Å². The predicted molar refractivity (Wildman–Crippen MR) is 120 cm³/mol. The number of ether oxygens (including phenoxy) is 1. The summed E-state index contributed by atoms with van der Waals surface area (Å²) in [5.74, 6) is 0.540. The molecule has 0 unspecified atom stereocenters. The molecule has 2 fully saturated rings. The third-order valence-corrected chi connectivity index (χ3v) is 7.82. The Morgan fingerprint density at radius 3 is 2.35 bits per heavy atom. The van der Waals surface area contributed by atoms with Gasteiger partial charge >= 0.3 is 0 Å². The Balaban J connectivity index is 1.31. The molecule has 0 bridgehead atoms. The molecule has 0 spiro atoms. The third kappa shape index (κ3) is 5.46. The third-order valence-electron chi connectivity index (χ3n) is 6.13. The van der Waals surface area contributed by atoms with Gasteiger partial charge in [0.1, 0.15) is 12.4 Å². The molecule has 6 nitrogen and oxygen atoms in total. The number of hydrogen-bond acceptors (Lipinski definition) is 5. The average molecular weight is 443 g/mol. The maximum Gasteiger partial charge on any atom is 0.254 e. The van der Waals surface area contributed by atoms with Gasteiger partial charge in [-0.2, -0.15) is 0 Å². The Labute approximate surface area is 184 Å². The Morgan fingerprint density at radius 1 is 0.935 bits per heavy atom. The van der Waals surface area contributed by atoms with Crippen LogP contribution in [0, 0.1) is 0 Å². The molecule has 0 radical (unpaired) electrons. The number of carbonyl (C=O) groups excluding carboxylic acids is 1. The minimum Gasteiger partial charge on any atom is -0.493 e. The fourth-order valence-electron chi connectivity index (χ4n) is 4.43. The molecule has 0 aliphatic carbocycles. The number of hydrogen-bond donors (Lipinski definition) is 0. The number of sulfone groups is 1. The molecule has 0 saturated carbocycles. The molecule has 4 rings (SSSR count). The number of benzene rings is 2. The monoisotopic (exact) mass is 442 g/mol. The van der Waals surface area contributed by atoms with Gasteiger partial charge in [-0.25, -0.2) is 8.42 Å². The molecule has 7 heteroatoms. The lowest BCUT2D eigenvalue weighted by atomic mass is 10.1. The minimum atomic E-state index is -3.37. The van der Waals surface area contributed by atoms with Crippen LogP contribution in [0.25, 0.3) is 0 Å². The second kappa shape index (κ2) is 9.83. The van der Waals surface area contributed by atoms with Crippen molar-refractivity contribution in [2.24, 2.45) is 0 Å². The molecular formula is C24H30N2O4S. The molecule has 0 aromatic heterocycles. The van der Waals surface area contributed by atoms with E-state index in [1.807, 2.05) is 4.90 Å². The molecule has 1 atom stereocenters. The van der Waals surface area contributed by atoms with E-state index in [4.69, 9.17) is 4.74 Å². The van der Waals surface area contributed by atoms with Crippen LogP contribution in [-0.2, 0) is 9.84 Å². The van der Waals surface area contributed by atoms with Gasteiger partial charge < -0.3 is 14.5 Å². The van der Waals surface area contributed by atoms with Crippen LogP contribution in [0.2, 0.25) is 0 Å². The zero-order valence-electron chi connectivity index (χ0n) is 17.8. The molecule has 2 aromatic carbocycles. The topological polar surface area (TPSA) is 66.9 Å². The highest BCUT2D eigenvalue weighted by Gasteiger charge is 2.31. The van der Waals surface area contributed by atoms with Gasteiger partial charge in [-0.1, -0.05) is 18.2 Å². The Kier molecular flexibility index (Phi) is 6.92. The summed E-state index contributed by atoms with van der Waals surface area (Å²) in [5.41, 5.74) is 0.651. The highest BCUT2D eigenvalue weighted by Crippen LogP contribution is 2.23. The van der Waals surface area contributed by atoms with Crippen molar-refractivity contribution in [2.75, 3.05) is 38.5 Å². The van der Waals surface area contributed by atoms with Crippen LogP contribution >= 0.6 is 0 Å². The van der Waals surface area contributed by atoms with Crippen molar-refractivity contribution in [3.05, 3.63) is 60.2 Å². The van der Waals surface area contributed by atoms with E-state index >= 15 is 0 Å². The summed E-state index contributed by atoms with van der Waals surface area (Å²) in [7, 11) is -3.37. The van der Waals surface area contributed by atoms with E-state index in [-0.39, 0.29) is 18.3 Å². The zero-order valence-corrected chi connectivity index (χ0v) is 18.6. The van der Waals surface area contributed by atoms with Crippen molar-refractivity contribution in [3.63, 3.8) is 0 Å². The lowest BCUT2D eigenvalue weighted by Gasteiger charge is -2.28. The van der Waals surface area contributed by atoms with E-state index in [1.54, 1.807) is 54.6 Å². The maximum atomic E-state index is 13.0. The highest BCUT2D eigenvalue weighted by atomic mass is 32.2. The number of nitrogens with zero attached hydrogens (tertiary/aromatic N) is 2. The summed E-state index contributed by atoms with van der Waals surface area (Å²) in [4.78, 5) is 17.8. The summed E-state index contributed by atoms with van der Waals surface area (Å²) in [6.45, 7) is 4.14. The standard InChI is InChI=1S/C24H30N2O4S/c27-24(26-16-6-7-21(26)19-25-14-4-5-15-25)20-10-12-22(13-11-20)30-17-18-31(28,29)23-8-2-1-3-9-23/h1-3,8-13,21H,4-7,14-19H2/t21-/m0/s1. The molecule has 31 heavy (non-hydrogen) atoms. The second-order valence-electron chi connectivity index (χ2n) is 8.31. The van der Waals surface area contributed by atoms with Crippen LogP contribution in [0.5, 0.6) is 5.75 Å². The average Bonchev–Trinajstić information content (AvgIpc) is 3.47. The van der Waals surface area contributed by atoms with Crippen LogP contribution in [0.4, 0.5) is 0 Å². The van der Waals surface area contributed by atoms with Gasteiger partial charge in [0.25, 0.3) is 5.91 Å². The van der Waals surface area contributed by atoms with Crippen molar-refractivity contribution in [2.45, 2.75) is 36.6 Å². The fourth-order valence-corrected chi connectivity index (χ4v) is 5.54. The van der Waals surface area contributed by atoms with Gasteiger partial charge in [0.05, 0.1) is 10.6 Å². The first-order chi connectivity index (χ1) is 15.0. The minimum absolute atomic E-state index is 0.0640. The van der Waals surface area contributed by atoms with Crippen LogP contribution in [-0.4, -0.2) is 68.7 Å². The van der Waals surface area contributed by atoms with Gasteiger partial charge in [-0.3, -0.25) is 4.79 Å². The van der Waals surface area contributed by atoms with Gasteiger partial charge in [0, 0.05) is 24.7 Å². The van der Waals surface area contributed by atoms with Crippen molar-refractivity contribution in [1.29, 1.82) is 0 Å². The molecule has 2 heterocycles. The first-order valence-electron chi connectivity index (χ1n) is 11.1. The van der Waals surface area contributed by atoms with Crippen molar-refractivity contribution < 1.29 is 17.9 Å². The lowest BCUT2D eigenvalue weighted by Crippen LogP contribution is -2.42. The van der Waals surface area contributed by atoms with Gasteiger partial charge in [0.2, 0.25) is 0 Å². The molecule has 1 amide bonds. The van der Waals surface area contributed by atoms with Crippen LogP contribution in [0.15, 0.2) is 59.5 Å². The van der Waals surface area contributed by atoms with Crippen LogP contribution < -0.4 is 4.74 Å². The lowest BCUT2D eigenvalue weighted by molar-refractivity contribution is 0.0708. The smallest absolute Gasteiger partial charge is 0.254 e. The molecule has 2 aromatic rings. The number of amides is 1. The van der Waals surface area contributed by atoms with Crippen LogP contribution in [0.1, 0.15) is 36.0 Å². The number of likely N-dealkylation sites (tertiary alicyclic amines) is 2. The van der Waals surface area contributed by atoms with E-state index in [9.17, 15) is 13.2 Å². The summed E-state index contributed by atoms with van der Waals surface area (Å²) in [5, 5.41) is 0. The normalized spacial score (nSPS) is 19.6. The first kappa shape index (κ1) is 21.8. The second-order valence-corrected chi connectivity index (χ2v) is 10.4. The van der Waals surface area contributed by atoms with Gasteiger partial charge in [0.15, 0.2) is 9.84 Å². The molecule has 2 aliphatic heterocycles. The Morgan fingerprint density at radius 2 is 1.65 bits per heavy atom. The summed E-state index contributed by atoms with van der Waals surface area (Å²) < 4.78 is 30.3. The molecule has 166 valence electrons. The Bertz CT molecular complexity index is 970.